The highest BCUT2D eigenvalue weighted by Crippen LogP contribution is 2.26. The van der Waals surface area contributed by atoms with Crippen LogP contribution in [0.5, 0.6) is 0 Å². The van der Waals surface area contributed by atoms with E-state index in [2.05, 4.69) is 23.3 Å². The number of carbonyl (C=O) groups is 1. The third kappa shape index (κ3) is 22.6. The summed E-state index contributed by atoms with van der Waals surface area (Å²) in [5, 5.41) is 44.5. The van der Waals surface area contributed by atoms with Gasteiger partial charge in [-0.05, 0) is 12.8 Å². The van der Waals surface area contributed by atoms with E-state index >= 15 is 0 Å². The molecule has 1 aliphatic rings. The lowest BCUT2D eigenvalue weighted by atomic mass is 9.99. The number of amides is 1. The maximum Gasteiger partial charge on any atom is 0.397 e. The molecule has 1 heterocycles. The Hall–Kier alpha value is -0.900. The van der Waals surface area contributed by atoms with Gasteiger partial charge in [0.05, 0.1) is 25.4 Å². The van der Waals surface area contributed by atoms with Gasteiger partial charge in [-0.3, -0.25) is 9.35 Å². The first-order valence-corrected chi connectivity index (χ1v) is 20.8. The molecule has 1 saturated heterocycles. The Morgan fingerprint density at radius 1 is 0.735 bits per heavy atom. The minimum absolute atomic E-state index is 0.232. The van der Waals surface area contributed by atoms with Crippen LogP contribution < -0.4 is 5.32 Å². The molecule has 1 rings (SSSR count). The van der Waals surface area contributed by atoms with Gasteiger partial charge < -0.3 is 35.2 Å². The number of hydrogen-bond acceptors (Lipinski definition) is 10. The molecule has 0 aromatic carbocycles. The molecule has 6 N–H and O–H groups in total. The first-order valence-electron chi connectivity index (χ1n) is 19.4. The monoisotopic (exact) mass is 725 g/mol. The van der Waals surface area contributed by atoms with Gasteiger partial charge in [0.2, 0.25) is 5.91 Å². The predicted octanol–water partition coefficient (Wildman–Crippen LogP) is 5.88. The van der Waals surface area contributed by atoms with Gasteiger partial charge in [-0.25, -0.2) is 4.18 Å². The van der Waals surface area contributed by atoms with E-state index in [-0.39, 0.29) is 12.5 Å². The maximum atomic E-state index is 12.9. The lowest BCUT2D eigenvalue weighted by Crippen LogP contribution is -2.61. The quantitative estimate of drug-likeness (QED) is 0.0359. The highest BCUT2D eigenvalue weighted by molar-refractivity contribution is 7.80. The summed E-state index contributed by atoms with van der Waals surface area (Å²) in [6.45, 7) is 3.39. The van der Waals surface area contributed by atoms with Crippen molar-refractivity contribution in [2.45, 2.75) is 211 Å². The predicted molar refractivity (Wildman–Crippen MR) is 190 cm³/mol. The Morgan fingerprint density at radius 2 is 1.18 bits per heavy atom. The van der Waals surface area contributed by atoms with E-state index < -0.39 is 59.9 Å². The van der Waals surface area contributed by atoms with Gasteiger partial charge in [-0.2, -0.15) is 8.42 Å². The van der Waals surface area contributed by atoms with Gasteiger partial charge >= 0.3 is 10.4 Å². The number of ether oxygens (including phenoxy) is 2. The van der Waals surface area contributed by atoms with Gasteiger partial charge in [-0.1, -0.05) is 149 Å². The van der Waals surface area contributed by atoms with Crippen molar-refractivity contribution in [3.05, 3.63) is 0 Å². The number of aliphatic hydroxyl groups is 4. The topological polar surface area (TPSA) is 192 Å². The van der Waals surface area contributed by atoms with Crippen molar-refractivity contribution in [3.8, 4) is 0 Å². The molecule has 49 heavy (non-hydrogen) atoms. The number of hydrogen-bond donors (Lipinski definition) is 6. The minimum atomic E-state index is -5.06. The lowest BCUT2D eigenvalue weighted by molar-refractivity contribution is -0.298. The molecule has 0 bridgehead atoms. The molecular formula is C36H71NO11S. The van der Waals surface area contributed by atoms with Crippen molar-refractivity contribution in [2.24, 2.45) is 0 Å². The van der Waals surface area contributed by atoms with E-state index in [1.807, 2.05) is 0 Å². The SMILES string of the molecule is CCCCCCCCCCCCCCCC(=O)NC(COC1OC(CO)C(O)C(OS(=O)(=O)O)C1O)C(O)CCCCCCCCCCC. The van der Waals surface area contributed by atoms with Crippen LogP contribution >= 0.6 is 0 Å². The average molecular weight is 726 g/mol. The molecule has 0 saturated carbocycles. The molecule has 0 radical (unpaired) electrons. The van der Waals surface area contributed by atoms with E-state index in [9.17, 15) is 33.6 Å². The summed E-state index contributed by atoms with van der Waals surface area (Å²) in [5.74, 6) is -0.232. The Morgan fingerprint density at radius 3 is 1.63 bits per heavy atom. The van der Waals surface area contributed by atoms with Crippen molar-refractivity contribution < 1.29 is 51.8 Å². The zero-order valence-electron chi connectivity index (χ0n) is 30.5. The number of aliphatic hydroxyl groups excluding tert-OH is 4. The van der Waals surface area contributed by atoms with E-state index in [0.29, 0.717) is 12.8 Å². The third-order valence-corrected chi connectivity index (χ3v) is 9.88. The summed E-state index contributed by atoms with van der Waals surface area (Å²) in [5.41, 5.74) is 0. The molecule has 0 aromatic heterocycles. The summed E-state index contributed by atoms with van der Waals surface area (Å²) in [6.07, 6.45) is 17.0. The Balaban J connectivity index is 2.58. The van der Waals surface area contributed by atoms with Crippen LogP contribution in [-0.4, -0.2) is 95.4 Å². The van der Waals surface area contributed by atoms with Gasteiger partial charge in [0, 0.05) is 6.42 Å². The number of unbranched alkanes of at least 4 members (excludes halogenated alkanes) is 20. The van der Waals surface area contributed by atoms with Crippen LogP contribution in [0.2, 0.25) is 0 Å². The van der Waals surface area contributed by atoms with Gasteiger partial charge in [0.25, 0.3) is 0 Å². The molecule has 292 valence electrons. The Kier molecular flexibility index (Phi) is 27.0. The molecule has 0 spiro atoms. The first-order chi connectivity index (χ1) is 23.5. The lowest BCUT2D eigenvalue weighted by Gasteiger charge is -2.41. The largest absolute Gasteiger partial charge is 0.397 e. The van der Waals surface area contributed by atoms with Crippen molar-refractivity contribution in [1.82, 2.24) is 5.32 Å². The fourth-order valence-electron chi connectivity index (χ4n) is 6.34. The van der Waals surface area contributed by atoms with Crippen LogP contribution in [0, 0.1) is 0 Å². The minimum Gasteiger partial charge on any atom is -0.394 e. The van der Waals surface area contributed by atoms with Crippen LogP contribution in [0.25, 0.3) is 0 Å². The summed E-state index contributed by atoms with van der Waals surface area (Å²) in [4.78, 5) is 12.9. The second-order valence-electron chi connectivity index (χ2n) is 13.9. The van der Waals surface area contributed by atoms with E-state index in [1.54, 1.807) is 0 Å². The molecule has 0 aliphatic carbocycles. The molecule has 1 aliphatic heterocycles. The van der Waals surface area contributed by atoms with Gasteiger partial charge in [-0.15, -0.1) is 0 Å². The summed E-state index contributed by atoms with van der Waals surface area (Å²) >= 11 is 0. The highest BCUT2D eigenvalue weighted by Gasteiger charge is 2.48. The molecule has 0 aromatic rings. The molecule has 7 atom stereocenters. The highest BCUT2D eigenvalue weighted by atomic mass is 32.3. The average Bonchev–Trinajstić information content (AvgIpc) is 3.06. The van der Waals surface area contributed by atoms with Crippen LogP contribution in [0.3, 0.4) is 0 Å². The summed E-state index contributed by atoms with van der Waals surface area (Å²) in [7, 11) is -5.06. The normalized spacial score (nSPS) is 22.6. The molecule has 12 nitrogen and oxygen atoms in total. The van der Waals surface area contributed by atoms with E-state index in [4.69, 9.17) is 14.0 Å². The van der Waals surface area contributed by atoms with E-state index in [0.717, 1.165) is 51.4 Å². The third-order valence-electron chi connectivity index (χ3n) is 9.42. The van der Waals surface area contributed by atoms with Crippen molar-refractivity contribution in [1.29, 1.82) is 0 Å². The summed E-state index contributed by atoms with van der Waals surface area (Å²) in [6, 6.07) is -0.848. The zero-order chi connectivity index (χ0) is 36.3. The van der Waals surface area contributed by atoms with Crippen LogP contribution in [0.15, 0.2) is 0 Å². The van der Waals surface area contributed by atoms with Crippen molar-refractivity contribution in [3.63, 3.8) is 0 Å². The van der Waals surface area contributed by atoms with Crippen molar-refractivity contribution in [2.75, 3.05) is 13.2 Å². The molecule has 1 amide bonds. The zero-order valence-corrected chi connectivity index (χ0v) is 31.3. The fourth-order valence-corrected chi connectivity index (χ4v) is 6.85. The molecule has 13 heteroatoms. The Bertz CT molecular complexity index is 909. The van der Waals surface area contributed by atoms with Gasteiger partial charge in [0.1, 0.15) is 24.4 Å². The van der Waals surface area contributed by atoms with Crippen LogP contribution in [0.1, 0.15) is 168 Å². The molecular weight excluding hydrogens is 654 g/mol. The second-order valence-corrected chi connectivity index (χ2v) is 14.9. The van der Waals surface area contributed by atoms with Gasteiger partial charge in [0.15, 0.2) is 6.29 Å². The van der Waals surface area contributed by atoms with Crippen molar-refractivity contribution >= 4 is 16.3 Å². The molecule has 1 fully saturated rings. The smallest absolute Gasteiger partial charge is 0.394 e. The fraction of sp³-hybridized carbons (Fsp3) is 0.972. The van der Waals surface area contributed by atoms with Crippen LogP contribution in [0.4, 0.5) is 0 Å². The Labute approximate surface area is 297 Å². The maximum absolute atomic E-state index is 12.9. The number of rotatable bonds is 32. The molecule has 7 unspecified atom stereocenters. The summed E-state index contributed by atoms with van der Waals surface area (Å²) < 4.78 is 47.3. The number of nitrogens with one attached hydrogen (secondary N) is 1. The first kappa shape index (κ1) is 46.1. The standard InChI is InChI=1S/C36H71NO11S/c1-3-5-7-9-11-13-14-15-16-18-20-22-24-26-32(40)37-29(30(39)25-23-21-19-17-12-10-8-6-4-2)28-46-36-34(42)35(48-49(43,44)45)33(41)31(27-38)47-36/h29-31,33-36,38-39,41-42H,3-28H2,1-2H3,(H,37,40)(H,43,44,45). The number of carbonyl (C=O) groups excluding carboxylic acids is 1. The van der Waals surface area contributed by atoms with Crippen LogP contribution in [-0.2, 0) is 28.9 Å². The van der Waals surface area contributed by atoms with E-state index in [1.165, 1.54) is 89.9 Å². The second kappa shape index (κ2) is 28.7.